The van der Waals surface area contributed by atoms with Gasteiger partial charge < -0.3 is 23.9 Å². The van der Waals surface area contributed by atoms with E-state index in [0.717, 1.165) is 11.3 Å². The first-order valence-corrected chi connectivity index (χ1v) is 7.38. The van der Waals surface area contributed by atoms with Crippen molar-refractivity contribution in [3.05, 3.63) is 47.4 Å². The molecule has 0 aliphatic heterocycles. The van der Waals surface area contributed by atoms with E-state index < -0.39 is 0 Å². The second-order valence-electron chi connectivity index (χ2n) is 5.01. The number of carbonyl (C=O) groups is 1. The molecule has 0 aliphatic rings. The van der Waals surface area contributed by atoms with Crippen LogP contribution in [0.1, 0.15) is 17.1 Å². The molecule has 0 saturated heterocycles. The molecular formula is C18H21NO5. The molecule has 6 heteroatoms. The predicted octanol–water partition coefficient (Wildman–Crippen LogP) is 2.94. The van der Waals surface area contributed by atoms with E-state index in [1.165, 1.54) is 6.08 Å². The summed E-state index contributed by atoms with van der Waals surface area (Å²) in [5, 5.41) is 2.79. The van der Waals surface area contributed by atoms with E-state index in [-0.39, 0.29) is 12.5 Å². The molecule has 24 heavy (non-hydrogen) atoms. The maximum absolute atomic E-state index is 12.0. The maximum atomic E-state index is 12.0. The first-order valence-electron chi connectivity index (χ1n) is 7.38. The molecule has 0 aliphatic carbocycles. The molecule has 0 unspecified atom stereocenters. The molecule has 0 fully saturated rings. The highest BCUT2D eigenvalue weighted by molar-refractivity contribution is 5.91. The Morgan fingerprint density at radius 2 is 1.79 bits per heavy atom. The zero-order chi connectivity index (χ0) is 17.5. The van der Waals surface area contributed by atoms with Crippen molar-refractivity contribution in [3.8, 4) is 17.2 Å². The second kappa shape index (κ2) is 8.10. The Morgan fingerprint density at radius 3 is 2.29 bits per heavy atom. The van der Waals surface area contributed by atoms with Crippen molar-refractivity contribution in [3.63, 3.8) is 0 Å². The van der Waals surface area contributed by atoms with Crippen molar-refractivity contribution in [2.24, 2.45) is 0 Å². The summed E-state index contributed by atoms with van der Waals surface area (Å²) >= 11 is 0. The molecule has 0 saturated carbocycles. The maximum Gasteiger partial charge on any atom is 0.244 e. The van der Waals surface area contributed by atoms with Crippen molar-refractivity contribution >= 4 is 12.0 Å². The number of benzene rings is 1. The Balaban J connectivity index is 2.07. The first-order chi connectivity index (χ1) is 11.6. The number of furan rings is 1. The molecule has 0 atom stereocenters. The zero-order valence-corrected chi connectivity index (χ0v) is 14.2. The minimum Gasteiger partial charge on any atom is -0.496 e. The fourth-order valence-corrected chi connectivity index (χ4v) is 2.19. The Labute approximate surface area is 141 Å². The van der Waals surface area contributed by atoms with E-state index in [1.54, 1.807) is 45.6 Å². The standard InChI is InChI=1S/C18H21NO5/c1-12-5-6-13(24-12)7-8-18(20)19-11-15-16(22-3)9-14(21-2)10-17(15)23-4/h5-10H,11H2,1-4H3,(H,19,20)/b8-7+. The lowest BCUT2D eigenvalue weighted by molar-refractivity contribution is -0.116. The van der Waals surface area contributed by atoms with E-state index in [9.17, 15) is 4.79 Å². The van der Waals surface area contributed by atoms with Gasteiger partial charge in [0.25, 0.3) is 0 Å². The molecule has 6 nitrogen and oxygen atoms in total. The molecule has 1 amide bonds. The van der Waals surface area contributed by atoms with Crippen LogP contribution in [0.4, 0.5) is 0 Å². The van der Waals surface area contributed by atoms with Crippen molar-refractivity contribution in [2.45, 2.75) is 13.5 Å². The molecule has 0 spiro atoms. The fourth-order valence-electron chi connectivity index (χ4n) is 2.19. The van der Waals surface area contributed by atoms with Gasteiger partial charge >= 0.3 is 0 Å². The van der Waals surface area contributed by atoms with E-state index in [0.29, 0.717) is 23.0 Å². The van der Waals surface area contributed by atoms with Gasteiger partial charge in [0.1, 0.15) is 28.8 Å². The quantitative estimate of drug-likeness (QED) is 0.790. The minimum atomic E-state index is -0.246. The highest BCUT2D eigenvalue weighted by Crippen LogP contribution is 2.33. The third-order valence-electron chi connectivity index (χ3n) is 3.42. The van der Waals surface area contributed by atoms with Crippen LogP contribution >= 0.6 is 0 Å². The van der Waals surface area contributed by atoms with Crippen LogP contribution in [0, 0.1) is 6.92 Å². The van der Waals surface area contributed by atoms with Gasteiger partial charge in [-0.15, -0.1) is 0 Å². The summed E-state index contributed by atoms with van der Waals surface area (Å²) in [6.45, 7) is 2.11. The number of amides is 1. The highest BCUT2D eigenvalue weighted by Gasteiger charge is 2.13. The first kappa shape index (κ1) is 17.5. The van der Waals surface area contributed by atoms with Gasteiger partial charge in [-0.1, -0.05) is 0 Å². The monoisotopic (exact) mass is 331 g/mol. The van der Waals surface area contributed by atoms with Crippen LogP contribution in [-0.4, -0.2) is 27.2 Å². The van der Waals surface area contributed by atoms with Crippen molar-refractivity contribution < 1.29 is 23.4 Å². The smallest absolute Gasteiger partial charge is 0.244 e. The van der Waals surface area contributed by atoms with Crippen molar-refractivity contribution in [1.82, 2.24) is 5.32 Å². The number of aryl methyl sites for hydroxylation is 1. The SMILES string of the molecule is COc1cc(OC)c(CNC(=O)/C=C/c2ccc(C)o2)c(OC)c1. The van der Waals surface area contributed by atoms with Crippen LogP contribution in [0.3, 0.4) is 0 Å². The lowest BCUT2D eigenvalue weighted by atomic mass is 10.1. The van der Waals surface area contributed by atoms with Crippen LogP contribution in [0.15, 0.2) is 34.8 Å². The van der Waals surface area contributed by atoms with Crippen LogP contribution in [0.25, 0.3) is 6.08 Å². The van der Waals surface area contributed by atoms with E-state index >= 15 is 0 Å². The van der Waals surface area contributed by atoms with Crippen LogP contribution in [0.5, 0.6) is 17.2 Å². The molecule has 1 aromatic carbocycles. The van der Waals surface area contributed by atoms with Gasteiger partial charge in [0, 0.05) is 18.2 Å². The number of nitrogens with one attached hydrogen (secondary N) is 1. The van der Waals surface area contributed by atoms with Crippen molar-refractivity contribution in [1.29, 1.82) is 0 Å². The summed E-state index contributed by atoms with van der Waals surface area (Å²) in [6, 6.07) is 7.12. The molecule has 1 heterocycles. The molecular weight excluding hydrogens is 310 g/mol. The average Bonchev–Trinajstić information content (AvgIpc) is 3.02. The fraction of sp³-hybridized carbons (Fsp3) is 0.278. The van der Waals surface area contributed by atoms with Gasteiger partial charge in [0.2, 0.25) is 5.91 Å². The van der Waals surface area contributed by atoms with Gasteiger partial charge in [-0.3, -0.25) is 4.79 Å². The number of ether oxygens (including phenoxy) is 3. The summed E-state index contributed by atoms with van der Waals surface area (Å²) in [5.41, 5.74) is 0.733. The number of hydrogen-bond acceptors (Lipinski definition) is 5. The van der Waals surface area contributed by atoms with Gasteiger partial charge in [0.15, 0.2) is 0 Å². The number of methoxy groups -OCH3 is 3. The molecule has 0 radical (unpaired) electrons. The Morgan fingerprint density at radius 1 is 1.12 bits per heavy atom. The Hall–Kier alpha value is -2.89. The van der Waals surface area contributed by atoms with Gasteiger partial charge in [-0.2, -0.15) is 0 Å². The average molecular weight is 331 g/mol. The van der Waals surface area contributed by atoms with E-state index in [4.69, 9.17) is 18.6 Å². The summed E-state index contributed by atoms with van der Waals surface area (Å²) in [4.78, 5) is 12.0. The molecule has 2 aromatic rings. The van der Waals surface area contributed by atoms with Gasteiger partial charge in [-0.25, -0.2) is 0 Å². The number of carbonyl (C=O) groups excluding carboxylic acids is 1. The van der Waals surface area contributed by atoms with Crippen LogP contribution in [0.2, 0.25) is 0 Å². The normalized spacial score (nSPS) is 10.7. The highest BCUT2D eigenvalue weighted by atomic mass is 16.5. The molecule has 1 N–H and O–H groups in total. The van der Waals surface area contributed by atoms with Gasteiger partial charge in [0.05, 0.1) is 33.4 Å². The lowest BCUT2D eigenvalue weighted by Gasteiger charge is -2.15. The van der Waals surface area contributed by atoms with E-state index in [2.05, 4.69) is 5.32 Å². The summed E-state index contributed by atoms with van der Waals surface area (Å²) in [7, 11) is 4.67. The lowest BCUT2D eigenvalue weighted by Crippen LogP contribution is -2.21. The van der Waals surface area contributed by atoms with Crippen LogP contribution in [-0.2, 0) is 11.3 Å². The Bertz CT molecular complexity index is 708. The zero-order valence-electron chi connectivity index (χ0n) is 14.2. The molecule has 1 aromatic heterocycles. The minimum absolute atomic E-state index is 0.246. The van der Waals surface area contributed by atoms with Gasteiger partial charge in [-0.05, 0) is 25.1 Å². The number of hydrogen-bond donors (Lipinski definition) is 1. The molecule has 0 bridgehead atoms. The Kier molecular flexibility index (Phi) is 5.89. The van der Waals surface area contributed by atoms with E-state index in [1.807, 2.05) is 13.0 Å². The molecule has 2 rings (SSSR count). The predicted molar refractivity (Wildman–Crippen MR) is 90.4 cm³/mol. The summed E-state index contributed by atoms with van der Waals surface area (Å²) in [6.07, 6.45) is 3.03. The third-order valence-corrected chi connectivity index (χ3v) is 3.42. The summed E-state index contributed by atoms with van der Waals surface area (Å²) < 4.78 is 21.3. The second-order valence-corrected chi connectivity index (χ2v) is 5.01. The summed E-state index contributed by atoms with van der Waals surface area (Å²) in [5.74, 6) is 2.95. The number of rotatable bonds is 7. The third kappa shape index (κ3) is 4.32. The van der Waals surface area contributed by atoms with Crippen LogP contribution < -0.4 is 19.5 Å². The van der Waals surface area contributed by atoms with Crippen molar-refractivity contribution in [2.75, 3.05) is 21.3 Å². The molecule has 128 valence electrons. The largest absolute Gasteiger partial charge is 0.496 e. The topological polar surface area (TPSA) is 69.9 Å².